The van der Waals surface area contributed by atoms with Crippen LogP contribution < -0.4 is 4.90 Å². The largest absolute Gasteiger partial charge is 0.508 e. The van der Waals surface area contributed by atoms with Crippen LogP contribution >= 0.6 is 11.8 Å². The van der Waals surface area contributed by atoms with Crippen molar-refractivity contribution in [2.24, 2.45) is 0 Å². The number of thioether (sulfide) groups is 1. The highest BCUT2D eigenvalue weighted by Gasteiger charge is 2.35. The first kappa shape index (κ1) is 18.9. The van der Waals surface area contributed by atoms with Crippen molar-refractivity contribution < 1.29 is 15.0 Å². The monoisotopic (exact) mass is 379 g/mol. The fraction of sp³-hybridized carbons (Fsp3) is 0.136. The Labute approximate surface area is 163 Å². The van der Waals surface area contributed by atoms with Crippen LogP contribution in [0, 0.1) is 0 Å². The van der Waals surface area contributed by atoms with Crippen molar-refractivity contribution in [3.63, 3.8) is 0 Å². The third-order valence-corrected chi connectivity index (χ3v) is 5.38. The molecule has 0 aliphatic carbocycles. The van der Waals surface area contributed by atoms with Crippen molar-refractivity contribution in [2.45, 2.75) is 13.0 Å². The van der Waals surface area contributed by atoms with Crippen LogP contribution in [0.25, 0.3) is 5.57 Å². The van der Waals surface area contributed by atoms with Crippen molar-refractivity contribution in [1.29, 1.82) is 0 Å². The van der Waals surface area contributed by atoms with Gasteiger partial charge >= 0.3 is 0 Å². The standard InChI is InChI=1S/C22H21NO3S/c1-3-15(12-18(24)4-2)16-10-11-19(21(25)13-16)20-14-27-22(26)23(20)17-8-6-5-7-9-17/h3-13,20,24-25H,1,14H2,2H3/b15-12+,18-4+. The first-order valence-corrected chi connectivity index (χ1v) is 9.57. The molecule has 0 aromatic heterocycles. The van der Waals surface area contributed by atoms with Gasteiger partial charge in [-0.2, -0.15) is 0 Å². The molecule has 3 rings (SSSR count). The summed E-state index contributed by atoms with van der Waals surface area (Å²) in [5, 5.41) is 20.4. The maximum atomic E-state index is 12.4. The Bertz CT molecular complexity index is 918. The fourth-order valence-corrected chi connectivity index (χ4v) is 4.03. The van der Waals surface area contributed by atoms with Gasteiger partial charge in [0.15, 0.2) is 0 Å². The summed E-state index contributed by atoms with van der Waals surface area (Å²) in [6, 6.07) is 14.6. The topological polar surface area (TPSA) is 60.8 Å². The minimum Gasteiger partial charge on any atom is -0.508 e. The molecule has 2 aromatic rings. The van der Waals surface area contributed by atoms with E-state index in [0.717, 1.165) is 11.3 Å². The molecule has 5 heteroatoms. The van der Waals surface area contributed by atoms with Crippen molar-refractivity contribution >= 4 is 28.3 Å². The first-order valence-electron chi connectivity index (χ1n) is 8.59. The first-order chi connectivity index (χ1) is 13.0. The van der Waals surface area contributed by atoms with E-state index in [1.807, 2.05) is 42.5 Å². The average Bonchev–Trinajstić information content (AvgIpc) is 3.07. The lowest BCUT2D eigenvalue weighted by atomic mass is 9.98. The maximum absolute atomic E-state index is 12.4. The van der Waals surface area contributed by atoms with Gasteiger partial charge in [-0.3, -0.25) is 9.69 Å². The van der Waals surface area contributed by atoms with Gasteiger partial charge in [0, 0.05) is 17.0 Å². The number of anilines is 1. The lowest BCUT2D eigenvalue weighted by Crippen LogP contribution is -2.26. The maximum Gasteiger partial charge on any atom is 0.286 e. The third kappa shape index (κ3) is 3.93. The number of aliphatic hydroxyl groups is 1. The number of hydrogen-bond acceptors (Lipinski definition) is 4. The van der Waals surface area contributed by atoms with Crippen LogP contribution in [0.3, 0.4) is 0 Å². The van der Waals surface area contributed by atoms with Gasteiger partial charge in [-0.1, -0.05) is 54.7 Å². The molecule has 0 radical (unpaired) electrons. The molecule has 4 nitrogen and oxygen atoms in total. The van der Waals surface area contributed by atoms with Gasteiger partial charge in [0.25, 0.3) is 5.24 Å². The summed E-state index contributed by atoms with van der Waals surface area (Å²) in [5.74, 6) is 0.812. The van der Waals surface area contributed by atoms with Gasteiger partial charge in [0.05, 0.1) is 6.04 Å². The van der Waals surface area contributed by atoms with E-state index >= 15 is 0 Å². The number of nitrogens with zero attached hydrogens (tertiary/aromatic N) is 1. The molecule has 2 N–H and O–H groups in total. The molecule has 0 saturated carbocycles. The zero-order chi connectivity index (χ0) is 19.4. The Morgan fingerprint density at radius 1 is 1.26 bits per heavy atom. The van der Waals surface area contributed by atoms with Gasteiger partial charge in [0.1, 0.15) is 11.5 Å². The molecule has 1 atom stereocenters. The van der Waals surface area contributed by atoms with E-state index < -0.39 is 0 Å². The average molecular weight is 379 g/mol. The predicted molar refractivity (Wildman–Crippen MR) is 112 cm³/mol. The lowest BCUT2D eigenvalue weighted by Gasteiger charge is -2.25. The summed E-state index contributed by atoms with van der Waals surface area (Å²) in [6.07, 6.45) is 4.79. The smallest absolute Gasteiger partial charge is 0.286 e. The zero-order valence-electron chi connectivity index (χ0n) is 15.0. The van der Waals surface area contributed by atoms with Gasteiger partial charge < -0.3 is 10.2 Å². The van der Waals surface area contributed by atoms with E-state index in [1.54, 1.807) is 36.1 Å². The molecule has 0 bridgehead atoms. The fourth-order valence-electron chi connectivity index (χ4n) is 3.03. The molecule has 1 aliphatic rings. The van der Waals surface area contributed by atoms with E-state index in [0.29, 0.717) is 16.9 Å². The minimum atomic E-state index is -0.237. The van der Waals surface area contributed by atoms with E-state index in [2.05, 4.69) is 6.58 Å². The number of phenolic OH excluding ortho intramolecular Hbond substituents is 1. The highest BCUT2D eigenvalue weighted by atomic mass is 32.2. The molecule has 1 saturated heterocycles. The summed E-state index contributed by atoms with van der Waals surface area (Å²) >= 11 is 1.25. The van der Waals surface area contributed by atoms with Crippen LogP contribution in [0.2, 0.25) is 0 Å². The molecule has 0 spiro atoms. The van der Waals surface area contributed by atoms with E-state index in [9.17, 15) is 15.0 Å². The number of hydrogen-bond donors (Lipinski definition) is 2. The molecule has 1 aliphatic heterocycles. The van der Waals surface area contributed by atoms with Crippen LogP contribution in [0.15, 0.2) is 79.1 Å². The number of phenols is 1. The molecule has 138 valence electrons. The van der Waals surface area contributed by atoms with Crippen LogP contribution in [0.1, 0.15) is 24.1 Å². The Kier molecular flexibility index (Phi) is 5.72. The molecule has 1 unspecified atom stereocenters. The van der Waals surface area contributed by atoms with E-state index in [-0.39, 0.29) is 22.8 Å². The summed E-state index contributed by atoms with van der Waals surface area (Å²) < 4.78 is 0. The van der Waals surface area contributed by atoms with Crippen LogP contribution in [-0.2, 0) is 0 Å². The third-order valence-electron chi connectivity index (χ3n) is 4.45. The predicted octanol–water partition coefficient (Wildman–Crippen LogP) is 5.84. The molecule has 2 aromatic carbocycles. The normalized spacial score (nSPS) is 18.0. The molecule has 1 amide bonds. The van der Waals surface area contributed by atoms with Crippen molar-refractivity contribution in [3.8, 4) is 5.75 Å². The minimum absolute atomic E-state index is 0.0284. The highest BCUT2D eigenvalue weighted by molar-refractivity contribution is 8.14. The Balaban J connectivity index is 1.97. The number of allylic oxidation sites excluding steroid dienone is 4. The summed E-state index contributed by atoms with van der Waals surface area (Å²) in [7, 11) is 0. The molecule has 1 heterocycles. The second kappa shape index (κ2) is 8.18. The summed E-state index contributed by atoms with van der Waals surface area (Å²) in [6.45, 7) is 5.51. The van der Waals surface area contributed by atoms with E-state index in [4.69, 9.17) is 0 Å². The molecule has 27 heavy (non-hydrogen) atoms. The van der Waals surface area contributed by atoms with Crippen LogP contribution in [0.5, 0.6) is 5.75 Å². The zero-order valence-corrected chi connectivity index (χ0v) is 15.8. The van der Waals surface area contributed by atoms with E-state index in [1.165, 1.54) is 11.8 Å². The molecular weight excluding hydrogens is 358 g/mol. The Morgan fingerprint density at radius 2 is 2.00 bits per heavy atom. The number of benzene rings is 2. The number of rotatable bonds is 5. The number of aliphatic hydroxyl groups excluding tert-OH is 1. The Morgan fingerprint density at radius 3 is 2.63 bits per heavy atom. The Hall–Kier alpha value is -2.92. The number of carbonyl (C=O) groups excluding carboxylic acids is 1. The lowest BCUT2D eigenvalue weighted by molar-refractivity contribution is 0.265. The number of para-hydroxylation sites is 1. The molecular formula is C22H21NO3S. The van der Waals surface area contributed by atoms with Crippen LogP contribution in [-0.4, -0.2) is 21.2 Å². The van der Waals surface area contributed by atoms with Gasteiger partial charge in [-0.05, 0) is 48.4 Å². The quantitative estimate of drug-likeness (QED) is 0.506. The van der Waals surface area contributed by atoms with Crippen molar-refractivity contribution in [1.82, 2.24) is 0 Å². The van der Waals surface area contributed by atoms with Gasteiger partial charge in [-0.25, -0.2) is 0 Å². The highest BCUT2D eigenvalue weighted by Crippen LogP contribution is 2.42. The second-order valence-electron chi connectivity index (χ2n) is 6.09. The summed E-state index contributed by atoms with van der Waals surface area (Å²) in [5.41, 5.74) is 2.94. The van der Waals surface area contributed by atoms with Gasteiger partial charge in [-0.15, -0.1) is 0 Å². The van der Waals surface area contributed by atoms with Crippen LogP contribution in [0.4, 0.5) is 10.5 Å². The number of amides is 1. The van der Waals surface area contributed by atoms with Crippen molar-refractivity contribution in [2.75, 3.05) is 10.7 Å². The molecule has 1 fully saturated rings. The SMILES string of the molecule is C=C/C(=C\C(O)=C/C)c1ccc(C2CSC(=O)N2c2ccccc2)c(O)c1. The second-order valence-corrected chi connectivity index (χ2v) is 7.06. The van der Waals surface area contributed by atoms with Gasteiger partial charge in [0.2, 0.25) is 0 Å². The number of carbonyl (C=O) groups is 1. The summed E-state index contributed by atoms with van der Waals surface area (Å²) in [4.78, 5) is 14.1. The number of aromatic hydroxyl groups is 1. The van der Waals surface area contributed by atoms with Crippen molar-refractivity contribution in [3.05, 3.63) is 90.2 Å².